The summed E-state index contributed by atoms with van der Waals surface area (Å²) in [5, 5.41) is 9.00. The highest BCUT2D eigenvalue weighted by Crippen LogP contribution is 2.28. The quantitative estimate of drug-likeness (QED) is 0.938. The molecule has 3 nitrogen and oxygen atoms in total. The Hall–Kier alpha value is -2.36. The Morgan fingerprint density at radius 3 is 2.86 bits per heavy atom. The van der Waals surface area contributed by atoms with E-state index >= 15 is 0 Å². The number of para-hydroxylation sites is 1. The third kappa shape index (κ3) is 2.75. The van der Waals surface area contributed by atoms with Gasteiger partial charge in [0.2, 0.25) is 0 Å². The average Bonchev–Trinajstić information content (AvgIpc) is 2.49. The van der Waals surface area contributed by atoms with Gasteiger partial charge in [-0.1, -0.05) is 24.3 Å². The Labute approximate surface area is 122 Å². The zero-order valence-corrected chi connectivity index (χ0v) is 11.6. The number of aromatic carboxylic acids is 1. The van der Waals surface area contributed by atoms with Crippen molar-refractivity contribution in [2.75, 3.05) is 11.4 Å². The first-order valence-corrected chi connectivity index (χ1v) is 7.00. The fourth-order valence-electron chi connectivity index (χ4n) is 2.83. The van der Waals surface area contributed by atoms with Gasteiger partial charge in [-0.15, -0.1) is 0 Å². The Kier molecular flexibility index (Phi) is 3.60. The molecule has 3 rings (SSSR count). The van der Waals surface area contributed by atoms with Crippen molar-refractivity contribution in [2.24, 2.45) is 0 Å². The van der Waals surface area contributed by atoms with Crippen LogP contribution < -0.4 is 4.90 Å². The number of carboxylic acids is 1. The van der Waals surface area contributed by atoms with E-state index in [-0.39, 0.29) is 5.56 Å². The summed E-state index contributed by atoms with van der Waals surface area (Å²) >= 11 is 0. The molecule has 108 valence electrons. The molecule has 0 radical (unpaired) electrons. The van der Waals surface area contributed by atoms with Crippen molar-refractivity contribution < 1.29 is 14.3 Å². The predicted octanol–water partition coefficient (Wildman–Crippen LogP) is 3.48. The molecule has 0 aliphatic carbocycles. The van der Waals surface area contributed by atoms with Crippen molar-refractivity contribution in [3.8, 4) is 0 Å². The van der Waals surface area contributed by atoms with E-state index in [2.05, 4.69) is 17.0 Å². The predicted molar refractivity (Wildman–Crippen MR) is 79.2 cm³/mol. The highest BCUT2D eigenvalue weighted by atomic mass is 19.1. The van der Waals surface area contributed by atoms with E-state index in [9.17, 15) is 9.18 Å². The van der Waals surface area contributed by atoms with Gasteiger partial charge in [-0.05, 0) is 42.2 Å². The van der Waals surface area contributed by atoms with Gasteiger partial charge in [-0.2, -0.15) is 0 Å². The van der Waals surface area contributed by atoms with Crippen LogP contribution in [0.25, 0.3) is 0 Å². The molecule has 0 fully saturated rings. The number of carboxylic acid groups (broad SMARTS) is 1. The largest absolute Gasteiger partial charge is 0.478 e. The summed E-state index contributed by atoms with van der Waals surface area (Å²) in [5.74, 6) is -1.92. The Morgan fingerprint density at radius 1 is 1.24 bits per heavy atom. The smallest absolute Gasteiger partial charge is 0.338 e. The van der Waals surface area contributed by atoms with Crippen molar-refractivity contribution >= 4 is 11.7 Å². The summed E-state index contributed by atoms with van der Waals surface area (Å²) in [6, 6.07) is 12.5. The Morgan fingerprint density at radius 2 is 2.05 bits per heavy atom. The van der Waals surface area contributed by atoms with E-state index in [1.165, 1.54) is 23.4 Å². The molecule has 1 N–H and O–H groups in total. The lowest BCUT2D eigenvalue weighted by molar-refractivity contribution is 0.0691. The molecule has 0 saturated heterocycles. The molecule has 0 saturated carbocycles. The second-order valence-electron chi connectivity index (χ2n) is 5.27. The van der Waals surface area contributed by atoms with Crippen LogP contribution in [-0.4, -0.2) is 17.6 Å². The number of halogens is 1. The average molecular weight is 285 g/mol. The van der Waals surface area contributed by atoms with Crippen molar-refractivity contribution in [1.82, 2.24) is 0 Å². The monoisotopic (exact) mass is 285 g/mol. The molecule has 4 heteroatoms. The summed E-state index contributed by atoms with van der Waals surface area (Å²) in [7, 11) is 0. The molecular weight excluding hydrogens is 269 g/mol. The first kappa shape index (κ1) is 13.6. The lowest BCUT2D eigenvalue weighted by atomic mass is 10.0. The van der Waals surface area contributed by atoms with Crippen LogP contribution in [-0.2, 0) is 13.0 Å². The number of nitrogens with zero attached hydrogens (tertiary/aromatic N) is 1. The summed E-state index contributed by atoms with van der Waals surface area (Å²) in [5.41, 5.74) is 3.04. The van der Waals surface area contributed by atoms with E-state index in [4.69, 9.17) is 5.11 Å². The van der Waals surface area contributed by atoms with Gasteiger partial charge in [-0.25, -0.2) is 9.18 Å². The highest BCUT2D eigenvalue weighted by molar-refractivity contribution is 5.88. The SMILES string of the molecule is O=C(O)c1cc(CN2CCCc3ccccc32)ccc1F. The molecule has 2 aromatic rings. The second-order valence-corrected chi connectivity index (χ2v) is 5.27. The fourth-order valence-corrected chi connectivity index (χ4v) is 2.83. The van der Waals surface area contributed by atoms with Gasteiger partial charge < -0.3 is 10.0 Å². The van der Waals surface area contributed by atoms with Crippen molar-refractivity contribution in [1.29, 1.82) is 0 Å². The van der Waals surface area contributed by atoms with Gasteiger partial charge in [-0.3, -0.25) is 0 Å². The van der Waals surface area contributed by atoms with Gasteiger partial charge in [0.05, 0.1) is 5.56 Å². The van der Waals surface area contributed by atoms with E-state index in [0.717, 1.165) is 24.9 Å². The minimum atomic E-state index is -1.23. The number of anilines is 1. The van der Waals surface area contributed by atoms with Crippen molar-refractivity contribution in [2.45, 2.75) is 19.4 Å². The van der Waals surface area contributed by atoms with Crippen molar-refractivity contribution in [3.63, 3.8) is 0 Å². The zero-order chi connectivity index (χ0) is 14.8. The third-order valence-corrected chi connectivity index (χ3v) is 3.84. The Balaban J connectivity index is 1.88. The fraction of sp³-hybridized carbons (Fsp3) is 0.235. The van der Waals surface area contributed by atoms with Crippen LogP contribution in [0.15, 0.2) is 42.5 Å². The minimum Gasteiger partial charge on any atom is -0.478 e. The maximum atomic E-state index is 13.4. The maximum absolute atomic E-state index is 13.4. The molecule has 0 unspecified atom stereocenters. The second kappa shape index (κ2) is 5.56. The molecule has 1 aliphatic rings. The first-order valence-electron chi connectivity index (χ1n) is 7.00. The van der Waals surface area contributed by atoms with Gasteiger partial charge in [0.25, 0.3) is 0 Å². The number of hydrogen-bond donors (Lipinski definition) is 1. The molecule has 0 amide bonds. The number of hydrogen-bond acceptors (Lipinski definition) is 2. The lowest BCUT2D eigenvalue weighted by Crippen LogP contribution is -2.28. The zero-order valence-electron chi connectivity index (χ0n) is 11.6. The van der Waals surface area contributed by atoms with Crippen LogP contribution >= 0.6 is 0 Å². The highest BCUT2D eigenvalue weighted by Gasteiger charge is 2.17. The van der Waals surface area contributed by atoms with E-state index < -0.39 is 11.8 Å². The standard InChI is InChI=1S/C17H16FNO2/c18-15-8-7-12(10-14(15)17(20)21)11-19-9-3-5-13-4-1-2-6-16(13)19/h1-2,4,6-8,10H,3,5,9,11H2,(H,20,21). The normalized spacial score (nSPS) is 13.9. The number of rotatable bonds is 3. The summed E-state index contributed by atoms with van der Waals surface area (Å²) in [6.07, 6.45) is 2.14. The molecule has 21 heavy (non-hydrogen) atoms. The molecule has 0 spiro atoms. The van der Waals surface area contributed by atoms with Gasteiger partial charge in [0.15, 0.2) is 0 Å². The summed E-state index contributed by atoms with van der Waals surface area (Å²) in [6.45, 7) is 1.52. The molecule has 0 atom stereocenters. The lowest BCUT2D eigenvalue weighted by Gasteiger charge is -2.31. The number of benzene rings is 2. The van der Waals surface area contributed by atoms with Crippen LogP contribution in [0.4, 0.5) is 10.1 Å². The van der Waals surface area contributed by atoms with Gasteiger partial charge in [0.1, 0.15) is 5.82 Å². The molecule has 2 aromatic carbocycles. The van der Waals surface area contributed by atoms with Crippen molar-refractivity contribution in [3.05, 3.63) is 65.0 Å². The molecule has 1 heterocycles. The van der Waals surface area contributed by atoms with E-state index in [1.807, 2.05) is 12.1 Å². The minimum absolute atomic E-state index is 0.266. The molecule has 0 aromatic heterocycles. The number of carbonyl (C=O) groups is 1. The maximum Gasteiger partial charge on any atom is 0.338 e. The molecule has 1 aliphatic heterocycles. The van der Waals surface area contributed by atoms with Crippen LogP contribution in [0.1, 0.15) is 27.9 Å². The Bertz CT molecular complexity index is 684. The van der Waals surface area contributed by atoms with E-state index in [0.29, 0.717) is 6.54 Å². The van der Waals surface area contributed by atoms with Crippen LogP contribution in [0.5, 0.6) is 0 Å². The van der Waals surface area contributed by atoms with Gasteiger partial charge >= 0.3 is 5.97 Å². The summed E-state index contributed by atoms with van der Waals surface area (Å²) < 4.78 is 13.4. The number of fused-ring (bicyclic) bond motifs is 1. The van der Waals surface area contributed by atoms with Gasteiger partial charge in [0, 0.05) is 18.8 Å². The topological polar surface area (TPSA) is 40.5 Å². The van der Waals surface area contributed by atoms with Crippen LogP contribution in [0.2, 0.25) is 0 Å². The molecular formula is C17H16FNO2. The molecule has 0 bridgehead atoms. The van der Waals surface area contributed by atoms with Crippen LogP contribution in [0.3, 0.4) is 0 Å². The third-order valence-electron chi connectivity index (χ3n) is 3.84. The van der Waals surface area contributed by atoms with E-state index in [1.54, 1.807) is 6.07 Å². The summed E-state index contributed by atoms with van der Waals surface area (Å²) in [4.78, 5) is 13.2. The first-order chi connectivity index (χ1) is 10.1. The van der Waals surface area contributed by atoms with Crippen LogP contribution in [0, 0.1) is 5.82 Å². The number of aryl methyl sites for hydroxylation is 1.